The van der Waals surface area contributed by atoms with Crippen molar-refractivity contribution in [2.75, 3.05) is 23.7 Å². The van der Waals surface area contributed by atoms with Crippen LogP contribution in [0.5, 0.6) is 0 Å². The Morgan fingerprint density at radius 3 is 1.97 bits per heavy atom. The predicted octanol–water partition coefficient (Wildman–Crippen LogP) is 4.30. The van der Waals surface area contributed by atoms with Crippen LogP contribution in [0, 0.1) is 0 Å². The van der Waals surface area contributed by atoms with Crippen LogP contribution in [0.4, 0.5) is 16.2 Å². The first-order valence-electron chi connectivity index (χ1n) is 9.81. The molecule has 3 aromatic carbocycles. The van der Waals surface area contributed by atoms with Gasteiger partial charge in [0.05, 0.1) is 6.54 Å². The van der Waals surface area contributed by atoms with Gasteiger partial charge in [0.25, 0.3) is 0 Å². The first-order valence-corrected chi connectivity index (χ1v) is 9.81. The number of nitrogens with zero attached hydrogens (tertiary/aromatic N) is 2. The normalized spacial score (nSPS) is 16.2. The van der Waals surface area contributed by atoms with Crippen molar-refractivity contribution in [1.29, 1.82) is 0 Å². The molecule has 1 fully saturated rings. The highest BCUT2D eigenvalue weighted by atomic mass is 16.6. The zero-order valence-electron chi connectivity index (χ0n) is 16.3. The van der Waals surface area contributed by atoms with Crippen molar-refractivity contribution in [2.24, 2.45) is 0 Å². The van der Waals surface area contributed by atoms with Gasteiger partial charge in [-0.2, -0.15) is 0 Å². The van der Waals surface area contributed by atoms with E-state index in [9.17, 15) is 4.79 Å². The molecule has 5 nitrogen and oxygen atoms in total. The van der Waals surface area contributed by atoms with Crippen molar-refractivity contribution in [3.05, 3.63) is 96.1 Å². The second kappa shape index (κ2) is 8.80. The van der Waals surface area contributed by atoms with E-state index in [1.807, 2.05) is 24.3 Å². The maximum absolute atomic E-state index is 12.4. The summed E-state index contributed by atoms with van der Waals surface area (Å²) in [5.74, 6) is 0. The number of carbonyl (C=O) groups excluding carboxylic acids is 1. The molecule has 3 aromatic rings. The Morgan fingerprint density at radius 2 is 1.41 bits per heavy atom. The molecule has 1 aliphatic rings. The Bertz CT molecular complexity index is 888. The van der Waals surface area contributed by atoms with E-state index in [1.165, 1.54) is 11.1 Å². The van der Waals surface area contributed by atoms with E-state index in [0.717, 1.165) is 18.8 Å². The van der Waals surface area contributed by atoms with Crippen LogP contribution in [-0.2, 0) is 17.8 Å². The number of ether oxygens (including phenoxy) is 1. The number of nitrogens with two attached hydrogens (primary N) is 1. The molecule has 4 rings (SSSR count). The summed E-state index contributed by atoms with van der Waals surface area (Å²) in [7, 11) is 0. The van der Waals surface area contributed by atoms with Gasteiger partial charge in [0, 0.05) is 31.0 Å². The number of amides is 1. The molecule has 0 unspecified atom stereocenters. The fourth-order valence-corrected chi connectivity index (χ4v) is 3.64. The van der Waals surface area contributed by atoms with E-state index in [4.69, 9.17) is 10.5 Å². The predicted molar refractivity (Wildman–Crippen MR) is 115 cm³/mol. The average Bonchev–Trinajstić information content (AvgIpc) is 3.10. The number of cyclic esters (lactones) is 1. The summed E-state index contributed by atoms with van der Waals surface area (Å²) < 4.78 is 5.68. The Kier molecular flexibility index (Phi) is 5.77. The van der Waals surface area contributed by atoms with E-state index < -0.39 is 0 Å². The molecule has 0 spiro atoms. The molecule has 0 aromatic heterocycles. The van der Waals surface area contributed by atoms with Crippen LogP contribution in [0.3, 0.4) is 0 Å². The van der Waals surface area contributed by atoms with Gasteiger partial charge in [-0.1, -0.05) is 60.7 Å². The molecule has 1 atom stereocenters. The summed E-state index contributed by atoms with van der Waals surface area (Å²) in [6.45, 7) is 2.79. The van der Waals surface area contributed by atoms with Gasteiger partial charge in [-0.05, 0) is 35.4 Å². The number of hydrogen-bond donors (Lipinski definition) is 1. The Hall–Kier alpha value is -3.31. The molecular formula is C24H25N3O2. The molecule has 1 heterocycles. The Labute approximate surface area is 171 Å². The molecule has 1 saturated heterocycles. The largest absolute Gasteiger partial charge is 0.443 e. The zero-order valence-corrected chi connectivity index (χ0v) is 16.3. The van der Waals surface area contributed by atoms with Crippen molar-refractivity contribution in [3.8, 4) is 0 Å². The quantitative estimate of drug-likeness (QED) is 0.614. The van der Waals surface area contributed by atoms with Crippen LogP contribution in [0.15, 0.2) is 84.9 Å². The second-order valence-corrected chi connectivity index (χ2v) is 7.35. The van der Waals surface area contributed by atoms with Crippen LogP contribution in [0.1, 0.15) is 11.1 Å². The monoisotopic (exact) mass is 387 g/mol. The molecule has 29 heavy (non-hydrogen) atoms. The number of nitrogen functional groups attached to an aromatic ring is 1. The molecule has 1 aliphatic heterocycles. The van der Waals surface area contributed by atoms with Gasteiger partial charge in [0.15, 0.2) is 0 Å². The average molecular weight is 387 g/mol. The number of rotatable bonds is 7. The van der Waals surface area contributed by atoms with Gasteiger partial charge >= 0.3 is 6.09 Å². The molecule has 0 radical (unpaired) electrons. The molecular weight excluding hydrogens is 362 g/mol. The SMILES string of the molecule is Nc1ccc(N2C[C@@H](CN(Cc3ccccc3)Cc3ccccc3)OC2=O)cc1. The van der Waals surface area contributed by atoms with Gasteiger partial charge in [0.2, 0.25) is 0 Å². The Balaban J connectivity index is 1.46. The van der Waals surface area contributed by atoms with Crippen LogP contribution in [-0.4, -0.2) is 30.2 Å². The smallest absolute Gasteiger partial charge is 0.414 e. The van der Waals surface area contributed by atoms with Gasteiger partial charge in [-0.25, -0.2) is 4.79 Å². The third-order valence-corrected chi connectivity index (χ3v) is 5.04. The van der Waals surface area contributed by atoms with Crippen LogP contribution >= 0.6 is 0 Å². The minimum absolute atomic E-state index is 0.188. The number of carbonyl (C=O) groups is 1. The molecule has 1 amide bonds. The lowest BCUT2D eigenvalue weighted by atomic mass is 10.1. The van der Waals surface area contributed by atoms with Crippen molar-refractivity contribution >= 4 is 17.5 Å². The minimum atomic E-state index is -0.306. The minimum Gasteiger partial charge on any atom is -0.443 e. The maximum Gasteiger partial charge on any atom is 0.414 e. The van der Waals surface area contributed by atoms with Crippen LogP contribution < -0.4 is 10.6 Å². The number of benzene rings is 3. The molecule has 0 saturated carbocycles. The van der Waals surface area contributed by atoms with E-state index in [0.29, 0.717) is 18.8 Å². The lowest BCUT2D eigenvalue weighted by molar-refractivity contribution is 0.103. The molecule has 0 bridgehead atoms. The summed E-state index contributed by atoms with van der Waals surface area (Å²) in [5, 5.41) is 0. The van der Waals surface area contributed by atoms with Crippen LogP contribution in [0.2, 0.25) is 0 Å². The lowest BCUT2D eigenvalue weighted by Crippen LogP contribution is -2.34. The molecule has 2 N–H and O–H groups in total. The lowest BCUT2D eigenvalue weighted by Gasteiger charge is -2.25. The molecule has 148 valence electrons. The highest BCUT2D eigenvalue weighted by Crippen LogP contribution is 2.24. The summed E-state index contributed by atoms with van der Waals surface area (Å²) in [5.41, 5.74) is 9.72. The van der Waals surface area contributed by atoms with E-state index in [1.54, 1.807) is 17.0 Å². The highest BCUT2D eigenvalue weighted by molar-refractivity contribution is 5.89. The topological polar surface area (TPSA) is 58.8 Å². The zero-order chi connectivity index (χ0) is 20.1. The fraction of sp³-hybridized carbons (Fsp3) is 0.208. The molecule has 0 aliphatic carbocycles. The number of anilines is 2. The van der Waals surface area contributed by atoms with Crippen molar-refractivity contribution in [2.45, 2.75) is 19.2 Å². The van der Waals surface area contributed by atoms with Gasteiger partial charge in [-0.3, -0.25) is 9.80 Å². The van der Waals surface area contributed by atoms with E-state index in [-0.39, 0.29) is 12.2 Å². The van der Waals surface area contributed by atoms with E-state index >= 15 is 0 Å². The summed E-state index contributed by atoms with van der Waals surface area (Å²) in [6.07, 6.45) is -0.494. The summed E-state index contributed by atoms with van der Waals surface area (Å²) in [6, 6.07) is 28.0. The standard InChI is InChI=1S/C24H25N3O2/c25-21-11-13-22(14-12-21)27-18-23(29-24(27)28)17-26(15-19-7-3-1-4-8-19)16-20-9-5-2-6-10-20/h1-14,23H,15-18,25H2/t23-/m1/s1. The summed E-state index contributed by atoms with van der Waals surface area (Å²) in [4.78, 5) is 16.4. The first kappa shape index (κ1) is 19.0. The van der Waals surface area contributed by atoms with Crippen LogP contribution in [0.25, 0.3) is 0 Å². The Morgan fingerprint density at radius 1 is 0.862 bits per heavy atom. The summed E-state index contributed by atoms with van der Waals surface area (Å²) >= 11 is 0. The third kappa shape index (κ3) is 4.95. The van der Waals surface area contributed by atoms with Gasteiger partial charge in [-0.15, -0.1) is 0 Å². The molecule has 5 heteroatoms. The van der Waals surface area contributed by atoms with Crippen molar-refractivity contribution in [1.82, 2.24) is 4.90 Å². The van der Waals surface area contributed by atoms with Crippen molar-refractivity contribution < 1.29 is 9.53 Å². The number of hydrogen-bond acceptors (Lipinski definition) is 4. The van der Waals surface area contributed by atoms with E-state index in [2.05, 4.69) is 53.4 Å². The maximum atomic E-state index is 12.4. The van der Waals surface area contributed by atoms with Crippen molar-refractivity contribution in [3.63, 3.8) is 0 Å². The fourth-order valence-electron chi connectivity index (χ4n) is 3.64. The first-order chi connectivity index (χ1) is 14.2. The highest BCUT2D eigenvalue weighted by Gasteiger charge is 2.33. The van der Waals surface area contributed by atoms with Gasteiger partial charge < -0.3 is 10.5 Å². The second-order valence-electron chi connectivity index (χ2n) is 7.35. The van der Waals surface area contributed by atoms with Gasteiger partial charge in [0.1, 0.15) is 6.10 Å². The third-order valence-electron chi connectivity index (χ3n) is 5.04.